The van der Waals surface area contributed by atoms with Gasteiger partial charge in [0, 0.05) is 61.6 Å². The summed E-state index contributed by atoms with van der Waals surface area (Å²) in [6, 6.07) is 8.24. The molecule has 0 aliphatic heterocycles. The average Bonchev–Trinajstić information content (AvgIpc) is 3.12. The minimum absolute atomic E-state index is 0.637. The van der Waals surface area contributed by atoms with Gasteiger partial charge in [-0.2, -0.15) is 5.10 Å². The SMILES string of the molecule is COc1ccc(CN(C)Cc2cnn(C)c2)cc1-c1cnc2nccnc2c1. The van der Waals surface area contributed by atoms with Gasteiger partial charge in [-0.1, -0.05) is 6.07 Å². The van der Waals surface area contributed by atoms with Gasteiger partial charge in [0.15, 0.2) is 5.65 Å². The predicted molar refractivity (Wildman–Crippen MR) is 108 cm³/mol. The number of rotatable bonds is 6. The average molecular weight is 374 g/mol. The second-order valence-corrected chi connectivity index (χ2v) is 6.85. The number of fused-ring (bicyclic) bond motifs is 1. The number of nitrogens with zero attached hydrogens (tertiary/aromatic N) is 6. The first-order valence-corrected chi connectivity index (χ1v) is 9.02. The van der Waals surface area contributed by atoms with Gasteiger partial charge < -0.3 is 4.74 Å². The Morgan fingerprint density at radius 3 is 2.61 bits per heavy atom. The third-order valence-corrected chi connectivity index (χ3v) is 4.56. The zero-order chi connectivity index (χ0) is 19.5. The molecule has 0 spiro atoms. The maximum atomic E-state index is 5.58. The van der Waals surface area contributed by atoms with E-state index in [1.807, 2.05) is 42.5 Å². The fraction of sp³-hybridized carbons (Fsp3) is 0.238. The molecule has 0 saturated carbocycles. The van der Waals surface area contributed by atoms with E-state index in [9.17, 15) is 0 Å². The minimum Gasteiger partial charge on any atom is -0.496 e. The van der Waals surface area contributed by atoms with Crippen LogP contribution in [0.3, 0.4) is 0 Å². The quantitative estimate of drug-likeness (QED) is 0.517. The van der Waals surface area contributed by atoms with E-state index >= 15 is 0 Å². The molecule has 4 rings (SSSR count). The van der Waals surface area contributed by atoms with Crippen molar-refractivity contribution in [1.82, 2.24) is 29.6 Å². The molecule has 0 atom stereocenters. The molecule has 0 fully saturated rings. The highest BCUT2D eigenvalue weighted by atomic mass is 16.5. The molecule has 28 heavy (non-hydrogen) atoms. The maximum absolute atomic E-state index is 5.58. The number of hydrogen-bond acceptors (Lipinski definition) is 6. The Morgan fingerprint density at radius 2 is 1.82 bits per heavy atom. The van der Waals surface area contributed by atoms with Gasteiger partial charge in [0.25, 0.3) is 0 Å². The highest BCUT2D eigenvalue weighted by Crippen LogP contribution is 2.32. The molecule has 4 aromatic rings. The van der Waals surface area contributed by atoms with E-state index in [0.717, 1.165) is 35.5 Å². The van der Waals surface area contributed by atoms with Crippen molar-refractivity contribution < 1.29 is 4.74 Å². The van der Waals surface area contributed by atoms with Crippen molar-refractivity contribution in [1.29, 1.82) is 0 Å². The van der Waals surface area contributed by atoms with Crippen molar-refractivity contribution in [2.24, 2.45) is 7.05 Å². The molecule has 3 heterocycles. The molecule has 1 aromatic carbocycles. The van der Waals surface area contributed by atoms with Crippen molar-refractivity contribution in [3.8, 4) is 16.9 Å². The van der Waals surface area contributed by atoms with Gasteiger partial charge in [-0.05, 0) is 30.8 Å². The lowest BCUT2D eigenvalue weighted by molar-refractivity contribution is 0.319. The first kappa shape index (κ1) is 18.1. The number of aromatic nitrogens is 5. The summed E-state index contributed by atoms with van der Waals surface area (Å²) in [6.45, 7) is 1.65. The van der Waals surface area contributed by atoms with Gasteiger partial charge in [-0.3, -0.25) is 14.6 Å². The van der Waals surface area contributed by atoms with Gasteiger partial charge in [-0.25, -0.2) is 9.97 Å². The van der Waals surface area contributed by atoms with Gasteiger partial charge in [-0.15, -0.1) is 0 Å². The maximum Gasteiger partial charge on any atom is 0.178 e. The van der Waals surface area contributed by atoms with Crippen molar-refractivity contribution in [3.05, 3.63) is 66.4 Å². The van der Waals surface area contributed by atoms with E-state index in [1.165, 1.54) is 11.1 Å². The Hall–Kier alpha value is -3.32. The molecule has 0 unspecified atom stereocenters. The fourth-order valence-corrected chi connectivity index (χ4v) is 3.32. The van der Waals surface area contributed by atoms with Crippen LogP contribution >= 0.6 is 0 Å². The van der Waals surface area contributed by atoms with Gasteiger partial charge in [0.1, 0.15) is 11.3 Å². The summed E-state index contributed by atoms with van der Waals surface area (Å²) in [5, 5.41) is 4.23. The molecule has 7 heteroatoms. The van der Waals surface area contributed by atoms with Crippen LogP contribution in [0.2, 0.25) is 0 Å². The second-order valence-electron chi connectivity index (χ2n) is 6.85. The molecule has 0 aliphatic rings. The predicted octanol–water partition coefficient (Wildman–Crippen LogP) is 3.07. The molecular formula is C21H22N6O. The molecule has 7 nitrogen and oxygen atoms in total. The molecule has 0 saturated heterocycles. The summed E-state index contributed by atoms with van der Waals surface area (Å²) in [6.07, 6.45) is 9.08. The van der Waals surface area contributed by atoms with E-state index in [4.69, 9.17) is 4.74 Å². The Bertz CT molecular complexity index is 1110. The molecule has 142 valence electrons. The summed E-state index contributed by atoms with van der Waals surface area (Å²) in [7, 11) is 5.71. The summed E-state index contributed by atoms with van der Waals surface area (Å²) in [5.74, 6) is 0.809. The summed E-state index contributed by atoms with van der Waals surface area (Å²) >= 11 is 0. The zero-order valence-electron chi connectivity index (χ0n) is 16.2. The van der Waals surface area contributed by atoms with Crippen LogP contribution in [-0.4, -0.2) is 43.8 Å². The number of methoxy groups -OCH3 is 1. The van der Waals surface area contributed by atoms with E-state index < -0.39 is 0 Å². The van der Waals surface area contributed by atoms with Crippen LogP contribution < -0.4 is 4.74 Å². The van der Waals surface area contributed by atoms with Gasteiger partial charge in [0.05, 0.1) is 13.3 Å². The summed E-state index contributed by atoms with van der Waals surface area (Å²) in [5.41, 5.74) is 5.74. The largest absolute Gasteiger partial charge is 0.496 e. The molecule has 3 aromatic heterocycles. The lowest BCUT2D eigenvalue weighted by Gasteiger charge is -2.17. The topological polar surface area (TPSA) is 69.0 Å². The number of pyridine rings is 1. The highest BCUT2D eigenvalue weighted by molar-refractivity contribution is 5.79. The molecule has 0 amide bonds. The molecular weight excluding hydrogens is 352 g/mol. The fourth-order valence-electron chi connectivity index (χ4n) is 3.32. The van der Waals surface area contributed by atoms with E-state index in [-0.39, 0.29) is 0 Å². The Labute approximate surface area is 163 Å². The monoisotopic (exact) mass is 374 g/mol. The number of hydrogen-bond donors (Lipinski definition) is 0. The van der Waals surface area contributed by atoms with Crippen LogP contribution in [0.5, 0.6) is 5.75 Å². The second kappa shape index (κ2) is 7.74. The third-order valence-electron chi connectivity index (χ3n) is 4.56. The smallest absolute Gasteiger partial charge is 0.178 e. The molecule has 0 aliphatic carbocycles. The van der Waals surface area contributed by atoms with E-state index in [0.29, 0.717) is 5.65 Å². The van der Waals surface area contributed by atoms with Gasteiger partial charge in [0.2, 0.25) is 0 Å². The first-order chi connectivity index (χ1) is 13.6. The number of benzene rings is 1. The Balaban J connectivity index is 1.61. The number of ether oxygens (including phenoxy) is 1. The lowest BCUT2D eigenvalue weighted by atomic mass is 10.0. The van der Waals surface area contributed by atoms with Crippen LogP contribution in [0.25, 0.3) is 22.3 Å². The molecule has 0 bridgehead atoms. The van der Waals surface area contributed by atoms with Crippen LogP contribution in [0, 0.1) is 0 Å². The van der Waals surface area contributed by atoms with Crippen molar-refractivity contribution in [2.75, 3.05) is 14.2 Å². The summed E-state index contributed by atoms with van der Waals surface area (Å²) in [4.78, 5) is 15.3. The summed E-state index contributed by atoms with van der Waals surface area (Å²) < 4.78 is 7.41. The number of aryl methyl sites for hydroxylation is 1. The van der Waals surface area contributed by atoms with Crippen LogP contribution in [0.15, 0.2) is 55.2 Å². The van der Waals surface area contributed by atoms with Crippen LogP contribution in [0.1, 0.15) is 11.1 Å². The van der Waals surface area contributed by atoms with E-state index in [1.54, 1.807) is 19.5 Å². The Kier molecular flexibility index (Phi) is 4.99. The third kappa shape index (κ3) is 3.84. The minimum atomic E-state index is 0.637. The normalized spacial score (nSPS) is 11.3. The Morgan fingerprint density at radius 1 is 1.00 bits per heavy atom. The molecule has 0 radical (unpaired) electrons. The zero-order valence-corrected chi connectivity index (χ0v) is 16.2. The molecule has 0 N–H and O–H groups in total. The highest BCUT2D eigenvalue weighted by Gasteiger charge is 2.11. The van der Waals surface area contributed by atoms with Crippen molar-refractivity contribution in [3.63, 3.8) is 0 Å². The van der Waals surface area contributed by atoms with Crippen LogP contribution in [-0.2, 0) is 20.1 Å². The first-order valence-electron chi connectivity index (χ1n) is 9.02. The van der Waals surface area contributed by atoms with E-state index in [2.05, 4.69) is 44.1 Å². The van der Waals surface area contributed by atoms with Crippen LogP contribution in [0.4, 0.5) is 0 Å². The van der Waals surface area contributed by atoms with Crippen molar-refractivity contribution in [2.45, 2.75) is 13.1 Å². The van der Waals surface area contributed by atoms with Crippen molar-refractivity contribution >= 4 is 11.2 Å². The standard InChI is InChI=1S/C21H22N6O/c1-26(13-16-10-25-27(2)14-16)12-15-4-5-20(28-3)18(8-15)17-9-19-21(24-11-17)23-7-6-22-19/h4-11,14H,12-13H2,1-3H3. The van der Waals surface area contributed by atoms with Gasteiger partial charge >= 0.3 is 0 Å². The lowest BCUT2D eigenvalue weighted by Crippen LogP contribution is -2.17.